The fraction of sp³-hybridized carbons (Fsp3) is 0. The third kappa shape index (κ3) is 1.21. The Hall–Kier alpha value is -0.371. The first-order valence-corrected chi connectivity index (χ1v) is 3.50. The summed E-state index contributed by atoms with van der Waals surface area (Å²) in [4.78, 5) is 4.01. The molecule has 2 aromatic rings. The van der Waals surface area contributed by atoms with E-state index in [0.717, 1.165) is 5.52 Å². The van der Waals surface area contributed by atoms with Gasteiger partial charge in [0.25, 0.3) is 0 Å². The topological polar surface area (TPSA) is 12.9 Å². The van der Waals surface area contributed by atoms with Gasteiger partial charge in [-0.25, -0.2) is 0 Å². The van der Waals surface area contributed by atoms with Crippen LogP contribution >= 0.6 is 11.3 Å². The van der Waals surface area contributed by atoms with E-state index in [-0.39, 0.29) is 17.1 Å². The molecule has 0 spiro atoms. The zero-order chi connectivity index (χ0) is 6.10. The number of hydrogen-bond donors (Lipinski definition) is 0. The Morgan fingerprint density at radius 1 is 1.30 bits per heavy atom. The predicted molar refractivity (Wildman–Crippen MR) is 38.5 cm³/mol. The molecular weight excluding hydrogens is 194 g/mol. The number of benzene rings is 1. The second-order valence-electron chi connectivity index (χ2n) is 1.77. The van der Waals surface area contributed by atoms with Gasteiger partial charge in [0.1, 0.15) is 0 Å². The van der Waals surface area contributed by atoms with E-state index in [9.17, 15) is 0 Å². The number of aromatic nitrogens is 1. The van der Waals surface area contributed by atoms with Crippen molar-refractivity contribution in [2.45, 2.75) is 0 Å². The smallest absolute Gasteiger partial charge is 0.386 e. The van der Waals surface area contributed by atoms with E-state index >= 15 is 0 Å². The zero-order valence-electron chi connectivity index (χ0n) is 4.97. The van der Waals surface area contributed by atoms with Crippen LogP contribution in [0.1, 0.15) is 0 Å². The van der Waals surface area contributed by atoms with Gasteiger partial charge >= 0.3 is 17.1 Å². The fourth-order valence-electron chi connectivity index (χ4n) is 0.757. The molecule has 54 valence electrons. The molecule has 0 aliphatic heterocycles. The van der Waals surface area contributed by atoms with Crippen molar-refractivity contribution in [2.75, 3.05) is 0 Å². The van der Waals surface area contributed by atoms with Crippen LogP contribution in [0.2, 0.25) is 0 Å². The number of nitrogens with zero attached hydrogens (tertiary/aromatic N) is 1. The van der Waals surface area contributed by atoms with Crippen LogP contribution in [0, 0.1) is 5.51 Å². The Balaban J connectivity index is 0.000000500. The Kier molecular flexibility index (Phi) is 2.44. The van der Waals surface area contributed by atoms with Crippen LogP contribution in [0.3, 0.4) is 0 Å². The molecule has 0 saturated carbocycles. The summed E-state index contributed by atoms with van der Waals surface area (Å²) in [7, 11) is 0. The van der Waals surface area contributed by atoms with Gasteiger partial charge in [0.05, 0.1) is 0 Å². The minimum atomic E-state index is 0. The number of hydrogen-bond acceptors (Lipinski definition) is 2. The summed E-state index contributed by atoms with van der Waals surface area (Å²) in [6.07, 6.45) is 0. The fourth-order valence-corrected chi connectivity index (χ4v) is 1.36. The van der Waals surface area contributed by atoms with Crippen LogP contribution in [0.5, 0.6) is 0 Å². The Morgan fingerprint density at radius 2 is 2.10 bits per heavy atom. The standard InChI is InChI=1S/C7H4NS.Cu/c1-2-4-7-6(3-1)8-5-9-7;/h1-4H;/q-1;+1. The van der Waals surface area contributed by atoms with Crippen molar-refractivity contribution in [2.24, 2.45) is 0 Å². The monoisotopic (exact) mass is 197 g/mol. The maximum Gasteiger partial charge on any atom is 1.00 e. The molecule has 0 aliphatic carbocycles. The van der Waals surface area contributed by atoms with Gasteiger partial charge in [0.2, 0.25) is 0 Å². The molecule has 0 N–H and O–H groups in total. The number of para-hydroxylation sites is 1. The van der Waals surface area contributed by atoms with E-state index in [2.05, 4.69) is 10.5 Å². The Morgan fingerprint density at radius 3 is 2.90 bits per heavy atom. The maximum absolute atomic E-state index is 4.01. The van der Waals surface area contributed by atoms with Crippen LogP contribution in [-0.4, -0.2) is 4.98 Å². The predicted octanol–water partition coefficient (Wildman–Crippen LogP) is 2.09. The second-order valence-corrected chi connectivity index (χ2v) is 2.60. The van der Waals surface area contributed by atoms with Gasteiger partial charge in [0, 0.05) is 0 Å². The molecular formula is C7H4CuNS. The molecule has 0 fully saturated rings. The molecule has 0 unspecified atom stereocenters. The SMILES string of the molecule is [Cu+].[c-]1nc2ccccc2s1. The van der Waals surface area contributed by atoms with Gasteiger partial charge in [-0.3, -0.25) is 11.3 Å². The number of fused-ring (bicyclic) bond motifs is 1. The van der Waals surface area contributed by atoms with E-state index in [1.165, 1.54) is 4.70 Å². The maximum atomic E-state index is 4.01. The quantitative estimate of drug-likeness (QED) is 0.466. The average Bonchev–Trinajstić information content (AvgIpc) is 2.33. The van der Waals surface area contributed by atoms with Crippen molar-refractivity contribution in [1.29, 1.82) is 0 Å². The van der Waals surface area contributed by atoms with Crippen LogP contribution in [0.15, 0.2) is 24.3 Å². The normalized spacial score (nSPS) is 9.20. The minimum absolute atomic E-state index is 0. The van der Waals surface area contributed by atoms with Gasteiger partial charge in [-0.2, -0.15) is 0 Å². The Labute approximate surface area is 73.6 Å². The third-order valence-electron chi connectivity index (χ3n) is 1.19. The van der Waals surface area contributed by atoms with Crippen LogP contribution in [-0.2, 0) is 17.1 Å². The molecule has 1 heterocycles. The molecule has 0 aliphatic rings. The van der Waals surface area contributed by atoms with E-state index in [0.29, 0.717) is 0 Å². The average molecular weight is 198 g/mol. The summed E-state index contributed by atoms with van der Waals surface area (Å²) >= 11 is 1.55. The van der Waals surface area contributed by atoms with Crippen molar-refractivity contribution in [1.82, 2.24) is 4.98 Å². The van der Waals surface area contributed by atoms with Gasteiger partial charge in [-0.05, 0) is 5.51 Å². The number of rotatable bonds is 0. The molecule has 0 radical (unpaired) electrons. The van der Waals surface area contributed by atoms with E-state index in [4.69, 9.17) is 0 Å². The first kappa shape index (κ1) is 7.73. The largest absolute Gasteiger partial charge is 1.00 e. The second kappa shape index (κ2) is 3.15. The minimum Gasteiger partial charge on any atom is -0.386 e. The summed E-state index contributed by atoms with van der Waals surface area (Å²) in [5.41, 5.74) is 3.87. The first-order valence-electron chi connectivity index (χ1n) is 2.68. The van der Waals surface area contributed by atoms with Gasteiger partial charge < -0.3 is 4.98 Å². The third-order valence-corrected chi connectivity index (χ3v) is 1.93. The molecule has 0 saturated heterocycles. The first-order chi connectivity index (χ1) is 4.47. The number of thiazole rings is 1. The van der Waals surface area contributed by atoms with Crippen molar-refractivity contribution < 1.29 is 17.1 Å². The van der Waals surface area contributed by atoms with E-state index in [1.54, 1.807) is 11.3 Å². The molecule has 10 heavy (non-hydrogen) atoms. The molecule has 0 atom stereocenters. The molecule has 0 amide bonds. The summed E-state index contributed by atoms with van der Waals surface area (Å²) < 4.78 is 1.21. The molecule has 1 aromatic heterocycles. The van der Waals surface area contributed by atoms with Crippen molar-refractivity contribution in [3.8, 4) is 0 Å². The zero-order valence-corrected chi connectivity index (χ0v) is 6.72. The van der Waals surface area contributed by atoms with Crippen LogP contribution < -0.4 is 0 Å². The summed E-state index contributed by atoms with van der Waals surface area (Å²) in [5.74, 6) is 0. The molecule has 0 bridgehead atoms. The summed E-state index contributed by atoms with van der Waals surface area (Å²) in [5, 5.41) is 0. The summed E-state index contributed by atoms with van der Waals surface area (Å²) in [6.45, 7) is 0. The van der Waals surface area contributed by atoms with Crippen molar-refractivity contribution in [3.05, 3.63) is 29.8 Å². The van der Waals surface area contributed by atoms with Crippen molar-refractivity contribution >= 4 is 21.6 Å². The molecule has 2 rings (SSSR count). The van der Waals surface area contributed by atoms with Gasteiger partial charge in [-0.15, -0.1) is 16.8 Å². The van der Waals surface area contributed by atoms with Crippen molar-refractivity contribution in [3.63, 3.8) is 0 Å². The molecule has 1 nitrogen and oxygen atoms in total. The Bertz CT molecular complexity index is 288. The van der Waals surface area contributed by atoms with Crippen LogP contribution in [0.4, 0.5) is 0 Å². The van der Waals surface area contributed by atoms with E-state index in [1.807, 2.05) is 24.3 Å². The van der Waals surface area contributed by atoms with Gasteiger partial charge in [-0.1, -0.05) is 17.6 Å². The van der Waals surface area contributed by atoms with E-state index < -0.39 is 0 Å². The molecule has 1 aromatic carbocycles. The van der Waals surface area contributed by atoms with Crippen LogP contribution in [0.25, 0.3) is 10.2 Å². The molecule has 3 heteroatoms. The van der Waals surface area contributed by atoms with Gasteiger partial charge in [0.15, 0.2) is 0 Å². The summed E-state index contributed by atoms with van der Waals surface area (Å²) in [6, 6.07) is 8.02.